The number of aromatic nitrogens is 4. The van der Waals surface area contributed by atoms with Crippen molar-refractivity contribution < 1.29 is 4.79 Å². The predicted octanol–water partition coefficient (Wildman–Crippen LogP) is 1.82. The van der Waals surface area contributed by atoms with Crippen LogP contribution < -0.4 is 15.9 Å². The molecule has 30 heavy (non-hydrogen) atoms. The van der Waals surface area contributed by atoms with Gasteiger partial charge < -0.3 is 10.2 Å². The average molecular weight is 406 g/mol. The van der Waals surface area contributed by atoms with E-state index in [2.05, 4.69) is 38.5 Å². The number of nitrogens with zero attached hydrogens (tertiary/aromatic N) is 5. The third-order valence-electron chi connectivity index (χ3n) is 6.11. The van der Waals surface area contributed by atoms with Crippen LogP contribution in [0.4, 0.5) is 5.95 Å². The molecule has 1 aliphatic heterocycles. The van der Waals surface area contributed by atoms with Gasteiger partial charge in [0.1, 0.15) is 6.54 Å². The first kappa shape index (κ1) is 18.8. The molecular weight excluding hydrogens is 380 g/mol. The lowest BCUT2D eigenvalue weighted by Crippen LogP contribution is -2.38. The van der Waals surface area contributed by atoms with Crippen LogP contribution in [0, 0.1) is 6.92 Å². The Morgan fingerprint density at radius 3 is 2.77 bits per heavy atom. The Morgan fingerprint density at radius 1 is 1.20 bits per heavy atom. The Labute approximate surface area is 174 Å². The zero-order valence-electron chi connectivity index (χ0n) is 17.2. The minimum atomic E-state index is -0.326. The molecule has 1 aromatic carbocycles. The van der Waals surface area contributed by atoms with Gasteiger partial charge in [-0.2, -0.15) is 0 Å². The van der Waals surface area contributed by atoms with E-state index in [9.17, 15) is 9.59 Å². The number of hydrogen-bond donors (Lipinski definition) is 1. The summed E-state index contributed by atoms with van der Waals surface area (Å²) in [5.74, 6) is 0.428. The van der Waals surface area contributed by atoms with Gasteiger partial charge in [0, 0.05) is 30.9 Å². The van der Waals surface area contributed by atoms with E-state index < -0.39 is 0 Å². The number of aryl methyl sites for hydroxylation is 1. The SMILES string of the molecule is Cc1cc2nn(CC(=O)NC3CCCC3)c(=O)n2c(N2CCc3ccccc3C2)n1. The summed E-state index contributed by atoms with van der Waals surface area (Å²) >= 11 is 0. The van der Waals surface area contributed by atoms with Crippen LogP contribution in [0.2, 0.25) is 0 Å². The summed E-state index contributed by atoms with van der Waals surface area (Å²) in [4.78, 5) is 32.4. The zero-order valence-corrected chi connectivity index (χ0v) is 17.2. The fourth-order valence-electron chi connectivity index (χ4n) is 4.59. The number of hydrogen-bond acceptors (Lipinski definition) is 5. The van der Waals surface area contributed by atoms with Crippen LogP contribution >= 0.6 is 0 Å². The molecule has 0 unspecified atom stereocenters. The van der Waals surface area contributed by atoms with E-state index >= 15 is 0 Å². The molecule has 3 aromatic rings. The van der Waals surface area contributed by atoms with Gasteiger partial charge in [0.2, 0.25) is 11.9 Å². The van der Waals surface area contributed by atoms with E-state index in [1.165, 1.54) is 20.2 Å². The second-order valence-corrected chi connectivity index (χ2v) is 8.32. The summed E-state index contributed by atoms with van der Waals surface area (Å²) in [6, 6.07) is 10.4. The van der Waals surface area contributed by atoms with Crippen LogP contribution in [0.15, 0.2) is 35.1 Å². The molecule has 156 valence electrons. The van der Waals surface area contributed by atoms with Crippen molar-refractivity contribution in [1.29, 1.82) is 0 Å². The number of carbonyl (C=O) groups excluding carboxylic acids is 1. The molecule has 5 rings (SSSR count). The molecule has 0 bridgehead atoms. The van der Waals surface area contributed by atoms with Gasteiger partial charge in [0.15, 0.2) is 5.65 Å². The van der Waals surface area contributed by atoms with Crippen molar-refractivity contribution in [3.63, 3.8) is 0 Å². The van der Waals surface area contributed by atoms with Crippen LogP contribution in [-0.4, -0.2) is 37.7 Å². The molecule has 1 fully saturated rings. The monoisotopic (exact) mass is 406 g/mol. The third kappa shape index (κ3) is 3.46. The van der Waals surface area contributed by atoms with Crippen LogP contribution in [0.3, 0.4) is 0 Å². The molecular formula is C22H26N6O2. The Kier molecular flexibility index (Phi) is 4.77. The van der Waals surface area contributed by atoms with Crippen molar-refractivity contribution in [3.8, 4) is 0 Å². The topological polar surface area (TPSA) is 84.5 Å². The minimum absolute atomic E-state index is 0.0711. The molecule has 8 nitrogen and oxygen atoms in total. The van der Waals surface area contributed by atoms with E-state index in [0.717, 1.165) is 44.3 Å². The quantitative estimate of drug-likeness (QED) is 0.715. The predicted molar refractivity (Wildman–Crippen MR) is 114 cm³/mol. The third-order valence-corrected chi connectivity index (χ3v) is 6.11. The van der Waals surface area contributed by atoms with E-state index in [1.807, 2.05) is 13.0 Å². The molecule has 1 aliphatic carbocycles. The van der Waals surface area contributed by atoms with Crippen LogP contribution in [0.25, 0.3) is 5.65 Å². The summed E-state index contributed by atoms with van der Waals surface area (Å²) < 4.78 is 2.78. The number of amides is 1. The number of fused-ring (bicyclic) bond motifs is 2. The van der Waals surface area contributed by atoms with Gasteiger partial charge in [-0.25, -0.2) is 18.9 Å². The first-order chi connectivity index (χ1) is 14.6. The second-order valence-electron chi connectivity index (χ2n) is 8.32. The van der Waals surface area contributed by atoms with Crippen molar-refractivity contribution in [1.82, 2.24) is 24.5 Å². The standard InChI is InChI=1S/C22H26N6O2/c1-15-12-19-25-27(14-20(29)24-18-8-4-5-9-18)22(30)28(19)21(23-15)26-11-10-16-6-2-3-7-17(16)13-26/h2-3,6-7,12,18H,4-5,8-11,13-14H2,1H3,(H,24,29). The summed E-state index contributed by atoms with van der Waals surface area (Å²) in [6.45, 7) is 3.31. The highest BCUT2D eigenvalue weighted by Gasteiger charge is 2.23. The summed E-state index contributed by atoms with van der Waals surface area (Å²) in [5.41, 5.74) is 3.58. The van der Waals surface area contributed by atoms with Gasteiger partial charge in [-0.15, -0.1) is 5.10 Å². The van der Waals surface area contributed by atoms with Crippen molar-refractivity contribution >= 4 is 17.5 Å². The second kappa shape index (κ2) is 7.59. The van der Waals surface area contributed by atoms with Crippen molar-refractivity contribution in [2.24, 2.45) is 0 Å². The van der Waals surface area contributed by atoms with E-state index in [1.54, 1.807) is 6.07 Å². The number of carbonyl (C=O) groups is 1. The first-order valence-electron chi connectivity index (χ1n) is 10.7. The summed E-state index contributed by atoms with van der Waals surface area (Å²) in [7, 11) is 0. The number of benzene rings is 1. The highest BCUT2D eigenvalue weighted by atomic mass is 16.2. The Balaban J connectivity index is 1.46. The minimum Gasteiger partial charge on any atom is -0.352 e. The fraction of sp³-hybridized carbons (Fsp3) is 0.455. The lowest BCUT2D eigenvalue weighted by molar-refractivity contribution is -0.122. The van der Waals surface area contributed by atoms with Crippen LogP contribution in [0.5, 0.6) is 0 Å². The fourth-order valence-corrected chi connectivity index (χ4v) is 4.59. The summed E-state index contributed by atoms with van der Waals surface area (Å²) in [6.07, 6.45) is 5.21. The Hall–Kier alpha value is -3.16. The molecule has 1 N–H and O–H groups in total. The largest absolute Gasteiger partial charge is 0.353 e. The zero-order chi connectivity index (χ0) is 20.7. The number of anilines is 1. The van der Waals surface area contributed by atoms with E-state index in [-0.39, 0.29) is 24.2 Å². The van der Waals surface area contributed by atoms with Gasteiger partial charge in [0.25, 0.3) is 0 Å². The molecule has 1 saturated carbocycles. The smallest absolute Gasteiger partial charge is 0.352 e. The first-order valence-corrected chi connectivity index (χ1v) is 10.7. The maximum atomic E-state index is 13.1. The normalized spacial score (nSPS) is 16.8. The van der Waals surface area contributed by atoms with Crippen molar-refractivity contribution in [3.05, 3.63) is 57.6 Å². The van der Waals surface area contributed by atoms with E-state index in [0.29, 0.717) is 18.1 Å². The molecule has 0 saturated heterocycles. The maximum Gasteiger partial charge on any atom is 0.353 e. The van der Waals surface area contributed by atoms with Crippen molar-refractivity contribution in [2.45, 2.75) is 58.2 Å². The Morgan fingerprint density at radius 2 is 1.97 bits per heavy atom. The lowest BCUT2D eigenvalue weighted by atomic mass is 10.0. The molecule has 8 heteroatoms. The number of nitrogens with one attached hydrogen (secondary N) is 1. The molecule has 1 amide bonds. The van der Waals surface area contributed by atoms with E-state index in [4.69, 9.17) is 0 Å². The Bertz CT molecular complexity index is 1160. The van der Waals surface area contributed by atoms with Gasteiger partial charge >= 0.3 is 5.69 Å². The molecule has 0 radical (unpaired) electrons. The number of rotatable bonds is 4. The molecule has 0 atom stereocenters. The highest BCUT2D eigenvalue weighted by molar-refractivity contribution is 5.76. The van der Waals surface area contributed by atoms with Gasteiger partial charge in [0.05, 0.1) is 0 Å². The van der Waals surface area contributed by atoms with Crippen molar-refractivity contribution in [2.75, 3.05) is 11.4 Å². The van der Waals surface area contributed by atoms with Crippen LogP contribution in [0.1, 0.15) is 42.5 Å². The molecule has 2 aliphatic rings. The highest BCUT2D eigenvalue weighted by Crippen LogP contribution is 2.23. The molecule has 3 heterocycles. The summed E-state index contributed by atoms with van der Waals surface area (Å²) in [5, 5.41) is 7.45. The van der Waals surface area contributed by atoms with Gasteiger partial charge in [-0.1, -0.05) is 37.1 Å². The molecule has 0 spiro atoms. The maximum absolute atomic E-state index is 13.1. The lowest BCUT2D eigenvalue weighted by Gasteiger charge is -2.29. The average Bonchev–Trinajstić information content (AvgIpc) is 3.35. The van der Waals surface area contributed by atoms with Crippen LogP contribution in [-0.2, 0) is 24.3 Å². The van der Waals surface area contributed by atoms with Gasteiger partial charge in [-0.3, -0.25) is 4.79 Å². The van der Waals surface area contributed by atoms with Gasteiger partial charge in [-0.05, 0) is 37.3 Å². The molecule has 2 aromatic heterocycles.